The number of benzene rings is 1. The average molecular weight is 226 g/mol. The van der Waals surface area contributed by atoms with Crippen LogP contribution in [0, 0.1) is 0 Å². The quantitative estimate of drug-likeness (QED) is 0.679. The molecule has 0 saturated carbocycles. The maximum Gasteiger partial charge on any atom is 0.409 e. The molecule has 1 aliphatic heterocycles. The van der Waals surface area contributed by atoms with Gasteiger partial charge in [-0.1, -0.05) is 17.7 Å². The monoisotopic (exact) mass is 225 g/mol. The van der Waals surface area contributed by atoms with Gasteiger partial charge in [-0.25, -0.2) is 4.79 Å². The largest absolute Gasteiger partial charge is 0.453 e. The highest BCUT2D eigenvalue weighted by Crippen LogP contribution is 2.22. The number of hydrogen-bond donors (Lipinski definition) is 0. The van der Waals surface area contributed by atoms with E-state index in [1.807, 2.05) is 18.2 Å². The summed E-state index contributed by atoms with van der Waals surface area (Å²) in [5.74, 6) is 0. The molecular weight excluding hydrogens is 214 g/mol. The number of hydrogen-bond acceptors (Lipinski definition) is 2. The average Bonchev–Trinajstić information content (AvgIpc) is 2.27. The Morgan fingerprint density at radius 3 is 3.00 bits per heavy atom. The minimum atomic E-state index is -0.268. The van der Waals surface area contributed by atoms with Crippen molar-refractivity contribution in [2.24, 2.45) is 0 Å². The van der Waals surface area contributed by atoms with Crippen molar-refractivity contribution in [2.75, 3.05) is 13.7 Å². The Hall–Kier alpha value is -1.22. The number of carbonyl (C=O) groups excluding carboxylic acids is 1. The Labute approximate surface area is 93.6 Å². The minimum absolute atomic E-state index is 0.268. The third kappa shape index (κ3) is 2.07. The highest BCUT2D eigenvalue weighted by Gasteiger charge is 2.20. The maximum atomic E-state index is 11.3. The van der Waals surface area contributed by atoms with Gasteiger partial charge >= 0.3 is 6.09 Å². The van der Waals surface area contributed by atoms with Gasteiger partial charge in [0, 0.05) is 18.1 Å². The Balaban J connectivity index is 2.20. The fourth-order valence-electron chi connectivity index (χ4n) is 1.81. The van der Waals surface area contributed by atoms with Crippen molar-refractivity contribution in [3.8, 4) is 0 Å². The molecule has 0 N–H and O–H groups in total. The Kier molecular flexibility index (Phi) is 2.82. The molecule has 0 fully saturated rings. The van der Waals surface area contributed by atoms with Crippen LogP contribution in [0.3, 0.4) is 0 Å². The molecule has 0 saturated heterocycles. The van der Waals surface area contributed by atoms with Crippen molar-refractivity contribution in [2.45, 2.75) is 13.0 Å². The van der Waals surface area contributed by atoms with Gasteiger partial charge in [-0.05, 0) is 29.7 Å². The first kappa shape index (κ1) is 10.3. The first-order valence-electron chi connectivity index (χ1n) is 4.81. The SMILES string of the molecule is COC(=O)N1CCc2cc(Cl)ccc2C1. The fourth-order valence-corrected chi connectivity index (χ4v) is 2.00. The molecule has 2 rings (SSSR count). The summed E-state index contributed by atoms with van der Waals surface area (Å²) in [5, 5.41) is 0.750. The number of fused-ring (bicyclic) bond motifs is 1. The predicted molar refractivity (Wildman–Crippen MR) is 58.0 cm³/mol. The molecule has 0 aromatic heterocycles. The lowest BCUT2D eigenvalue weighted by Gasteiger charge is -2.27. The van der Waals surface area contributed by atoms with Crippen LogP contribution in [-0.4, -0.2) is 24.6 Å². The van der Waals surface area contributed by atoms with Gasteiger partial charge in [0.25, 0.3) is 0 Å². The number of amides is 1. The van der Waals surface area contributed by atoms with E-state index < -0.39 is 0 Å². The fraction of sp³-hybridized carbons (Fsp3) is 0.364. The van der Waals surface area contributed by atoms with Crippen molar-refractivity contribution >= 4 is 17.7 Å². The molecule has 3 nitrogen and oxygen atoms in total. The second kappa shape index (κ2) is 4.11. The van der Waals surface area contributed by atoms with Crippen LogP contribution in [0.15, 0.2) is 18.2 Å². The molecule has 0 radical (unpaired) electrons. The van der Waals surface area contributed by atoms with E-state index in [1.54, 1.807) is 4.90 Å². The molecule has 0 atom stereocenters. The molecule has 80 valence electrons. The third-order valence-corrected chi connectivity index (χ3v) is 2.85. The summed E-state index contributed by atoms with van der Waals surface area (Å²) in [7, 11) is 1.40. The number of nitrogens with zero attached hydrogens (tertiary/aromatic N) is 1. The maximum absolute atomic E-state index is 11.3. The number of carbonyl (C=O) groups is 1. The summed E-state index contributed by atoms with van der Waals surface area (Å²) in [5.41, 5.74) is 2.37. The molecule has 0 spiro atoms. The molecule has 4 heteroatoms. The van der Waals surface area contributed by atoms with Crippen LogP contribution in [0.4, 0.5) is 4.79 Å². The lowest BCUT2D eigenvalue weighted by Crippen LogP contribution is -2.35. The van der Waals surface area contributed by atoms with E-state index in [4.69, 9.17) is 11.6 Å². The molecule has 0 bridgehead atoms. The zero-order chi connectivity index (χ0) is 10.8. The molecule has 1 heterocycles. The number of methoxy groups -OCH3 is 1. The van der Waals surface area contributed by atoms with Gasteiger partial charge in [0.15, 0.2) is 0 Å². The normalized spacial score (nSPS) is 14.7. The van der Waals surface area contributed by atoms with Gasteiger partial charge in [0.2, 0.25) is 0 Å². The number of rotatable bonds is 0. The Morgan fingerprint density at radius 2 is 2.27 bits per heavy atom. The van der Waals surface area contributed by atoms with Gasteiger partial charge in [-0.3, -0.25) is 0 Å². The summed E-state index contributed by atoms with van der Waals surface area (Å²) in [6.45, 7) is 1.30. The van der Waals surface area contributed by atoms with E-state index in [2.05, 4.69) is 4.74 Å². The van der Waals surface area contributed by atoms with Crippen molar-refractivity contribution in [1.82, 2.24) is 4.90 Å². The van der Waals surface area contributed by atoms with Crippen LogP contribution in [0.1, 0.15) is 11.1 Å². The summed E-state index contributed by atoms with van der Waals surface area (Å²) in [6, 6.07) is 5.78. The smallest absolute Gasteiger partial charge is 0.409 e. The van der Waals surface area contributed by atoms with Crippen LogP contribution in [0.2, 0.25) is 5.02 Å². The van der Waals surface area contributed by atoms with Gasteiger partial charge in [-0.2, -0.15) is 0 Å². The second-order valence-corrected chi connectivity index (χ2v) is 3.99. The Morgan fingerprint density at radius 1 is 1.47 bits per heavy atom. The third-order valence-electron chi connectivity index (χ3n) is 2.61. The zero-order valence-corrected chi connectivity index (χ0v) is 9.25. The van der Waals surface area contributed by atoms with Gasteiger partial charge in [-0.15, -0.1) is 0 Å². The topological polar surface area (TPSA) is 29.5 Å². The lowest BCUT2D eigenvalue weighted by atomic mass is 10.0. The van der Waals surface area contributed by atoms with Crippen molar-refractivity contribution in [3.05, 3.63) is 34.3 Å². The first-order valence-corrected chi connectivity index (χ1v) is 5.18. The Bertz CT molecular complexity index is 392. The first-order chi connectivity index (χ1) is 7.20. The predicted octanol–water partition coefficient (Wildman–Crippen LogP) is 2.46. The molecule has 1 aromatic carbocycles. The minimum Gasteiger partial charge on any atom is -0.453 e. The summed E-state index contributed by atoms with van der Waals surface area (Å²) in [4.78, 5) is 13.0. The summed E-state index contributed by atoms with van der Waals surface area (Å²) >= 11 is 5.90. The standard InChI is InChI=1S/C11H12ClNO2/c1-15-11(14)13-5-4-8-6-10(12)3-2-9(8)7-13/h2-3,6H,4-5,7H2,1H3. The highest BCUT2D eigenvalue weighted by molar-refractivity contribution is 6.30. The van der Waals surface area contributed by atoms with Gasteiger partial charge in [0.05, 0.1) is 7.11 Å². The summed E-state index contributed by atoms with van der Waals surface area (Å²) in [6.07, 6.45) is 0.570. The van der Waals surface area contributed by atoms with Crippen LogP contribution < -0.4 is 0 Å². The van der Waals surface area contributed by atoms with Crippen molar-refractivity contribution in [3.63, 3.8) is 0 Å². The molecule has 1 amide bonds. The van der Waals surface area contributed by atoms with E-state index in [0.717, 1.165) is 17.0 Å². The molecular formula is C11H12ClNO2. The molecule has 1 aliphatic rings. The lowest BCUT2D eigenvalue weighted by molar-refractivity contribution is 0.118. The highest BCUT2D eigenvalue weighted by atomic mass is 35.5. The van der Waals surface area contributed by atoms with E-state index in [1.165, 1.54) is 12.7 Å². The van der Waals surface area contributed by atoms with Crippen LogP contribution in [0.5, 0.6) is 0 Å². The van der Waals surface area contributed by atoms with Gasteiger partial charge < -0.3 is 9.64 Å². The number of halogens is 1. The van der Waals surface area contributed by atoms with E-state index in [-0.39, 0.29) is 6.09 Å². The van der Waals surface area contributed by atoms with E-state index >= 15 is 0 Å². The zero-order valence-electron chi connectivity index (χ0n) is 8.50. The second-order valence-electron chi connectivity index (χ2n) is 3.55. The van der Waals surface area contributed by atoms with E-state index in [0.29, 0.717) is 13.1 Å². The molecule has 0 aliphatic carbocycles. The summed E-state index contributed by atoms with van der Waals surface area (Å²) < 4.78 is 4.69. The van der Waals surface area contributed by atoms with Crippen molar-refractivity contribution in [1.29, 1.82) is 0 Å². The molecule has 0 unspecified atom stereocenters. The van der Waals surface area contributed by atoms with Crippen LogP contribution in [0.25, 0.3) is 0 Å². The van der Waals surface area contributed by atoms with Crippen LogP contribution in [-0.2, 0) is 17.7 Å². The van der Waals surface area contributed by atoms with Crippen molar-refractivity contribution < 1.29 is 9.53 Å². The molecule has 1 aromatic rings. The molecule has 15 heavy (non-hydrogen) atoms. The van der Waals surface area contributed by atoms with E-state index in [9.17, 15) is 4.79 Å². The van der Waals surface area contributed by atoms with Crippen LogP contribution >= 0.6 is 11.6 Å². The van der Waals surface area contributed by atoms with Gasteiger partial charge in [0.1, 0.15) is 0 Å². The number of ether oxygens (including phenoxy) is 1.